The van der Waals surface area contributed by atoms with E-state index in [2.05, 4.69) is 5.32 Å². The molecule has 0 fully saturated rings. The maximum absolute atomic E-state index is 12.0. The highest BCUT2D eigenvalue weighted by atomic mass is 35.5. The number of nitrogens with zero attached hydrogens (tertiary/aromatic N) is 2. The molecular formula is C13H18ClN3O3. The molecule has 1 rings (SSSR count). The van der Waals surface area contributed by atoms with E-state index in [0.717, 1.165) is 0 Å². The predicted octanol–water partition coefficient (Wildman–Crippen LogP) is 2.32. The molecule has 0 aliphatic rings. The fourth-order valence-corrected chi connectivity index (χ4v) is 1.54. The molecule has 1 N–H and O–H groups in total. The molecule has 6 nitrogen and oxygen atoms in total. The first-order valence-corrected chi connectivity index (χ1v) is 6.42. The van der Waals surface area contributed by atoms with Crippen LogP contribution in [0.25, 0.3) is 0 Å². The lowest BCUT2D eigenvalue weighted by Crippen LogP contribution is -2.48. The average Bonchev–Trinajstić information content (AvgIpc) is 2.36. The van der Waals surface area contributed by atoms with Crippen LogP contribution in [0.5, 0.6) is 0 Å². The number of carbonyl (C=O) groups is 1. The number of hydrogen-bond donors (Lipinski definition) is 1. The molecular weight excluding hydrogens is 282 g/mol. The number of benzene rings is 1. The highest BCUT2D eigenvalue weighted by Gasteiger charge is 2.22. The van der Waals surface area contributed by atoms with E-state index >= 15 is 0 Å². The highest BCUT2D eigenvalue weighted by Crippen LogP contribution is 2.25. The number of carbonyl (C=O) groups excluding carboxylic acids is 1. The summed E-state index contributed by atoms with van der Waals surface area (Å²) in [5.41, 5.74) is -0.268. The highest BCUT2D eigenvalue weighted by molar-refractivity contribution is 6.32. The molecule has 1 amide bonds. The minimum absolute atomic E-state index is 0.0140. The van der Waals surface area contributed by atoms with Gasteiger partial charge in [0.05, 0.1) is 4.92 Å². The molecule has 1 aromatic rings. The van der Waals surface area contributed by atoms with Gasteiger partial charge in [-0.2, -0.15) is 0 Å². The van der Waals surface area contributed by atoms with Crippen molar-refractivity contribution in [3.8, 4) is 0 Å². The molecule has 0 heterocycles. The van der Waals surface area contributed by atoms with Crippen molar-refractivity contribution in [3.63, 3.8) is 0 Å². The van der Waals surface area contributed by atoms with Gasteiger partial charge < -0.3 is 10.2 Å². The van der Waals surface area contributed by atoms with Crippen LogP contribution >= 0.6 is 11.6 Å². The van der Waals surface area contributed by atoms with Crippen LogP contribution in [-0.4, -0.2) is 41.9 Å². The number of rotatable bonds is 5. The van der Waals surface area contributed by atoms with E-state index in [0.29, 0.717) is 6.54 Å². The number of nitro groups is 1. The lowest BCUT2D eigenvalue weighted by molar-refractivity contribution is -0.384. The SMILES string of the molecule is CN(C)C(C)(C)CNC(=O)c1ccc(Cl)c([N+](=O)[O-])c1. The molecule has 1 aromatic carbocycles. The van der Waals surface area contributed by atoms with Crippen molar-refractivity contribution in [2.45, 2.75) is 19.4 Å². The topological polar surface area (TPSA) is 75.5 Å². The Hall–Kier alpha value is -1.66. The van der Waals surface area contributed by atoms with Crippen LogP contribution in [0.1, 0.15) is 24.2 Å². The summed E-state index contributed by atoms with van der Waals surface area (Å²) in [6.45, 7) is 4.39. The third kappa shape index (κ3) is 3.91. The van der Waals surface area contributed by atoms with Gasteiger partial charge in [-0.3, -0.25) is 14.9 Å². The third-order valence-electron chi connectivity index (χ3n) is 3.30. The summed E-state index contributed by atoms with van der Waals surface area (Å²) in [7, 11) is 3.83. The Morgan fingerprint density at radius 3 is 2.55 bits per heavy atom. The first kappa shape index (κ1) is 16.4. The molecule has 0 unspecified atom stereocenters. The van der Waals surface area contributed by atoms with Gasteiger partial charge in [0.1, 0.15) is 5.02 Å². The van der Waals surface area contributed by atoms with E-state index in [1.165, 1.54) is 18.2 Å². The molecule has 0 aliphatic heterocycles. The van der Waals surface area contributed by atoms with Gasteiger partial charge in [0.25, 0.3) is 11.6 Å². The Morgan fingerprint density at radius 1 is 1.45 bits per heavy atom. The van der Waals surface area contributed by atoms with Gasteiger partial charge in [-0.05, 0) is 40.1 Å². The molecule has 0 aromatic heterocycles. The summed E-state index contributed by atoms with van der Waals surface area (Å²) < 4.78 is 0. The quantitative estimate of drug-likeness (QED) is 0.669. The molecule has 110 valence electrons. The molecule has 0 saturated carbocycles. The van der Waals surface area contributed by atoms with Gasteiger partial charge in [0, 0.05) is 23.7 Å². The zero-order chi connectivity index (χ0) is 15.5. The first-order valence-electron chi connectivity index (χ1n) is 6.05. The summed E-state index contributed by atoms with van der Waals surface area (Å²) in [6.07, 6.45) is 0. The van der Waals surface area contributed by atoms with Gasteiger partial charge in [-0.25, -0.2) is 0 Å². The Kier molecular flexibility index (Phi) is 5.08. The molecule has 0 saturated heterocycles. The van der Waals surface area contributed by atoms with Crippen LogP contribution in [0.15, 0.2) is 18.2 Å². The van der Waals surface area contributed by atoms with Crippen LogP contribution in [0.2, 0.25) is 5.02 Å². The van der Waals surface area contributed by atoms with Crippen molar-refractivity contribution in [2.24, 2.45) is 0 Å². The predicted molar refractivity (Wildman–Crippen MR) is 78.2 cm³/mol. The van der Waals surface area contributed by atoms with Crippen molar-refractivity contribution in [3.05, 3.63) is 38.9 Å². The van der Waals surface area contributed by atoms with E-state index in [1.807, 2.05) is 32.8 Å². The first-order chi connectivity index (χ1) is 9.15. The van der Waals surface area contributed by atoms with Crippen LogP contribution in [0.3, 0.4) is 0 Å². The minimum Gasteiger partial charge on any atom is -0.350 e. The number of likely N-dealkylation sites (N-methyl/N-ethyl adjacent to an activating group) is 1. The Labute approximate surface area is 122 Å². The van der Waals surface area contributed by atoms with Crippen molar-refractivity contribution in [1.82, 2.24) is 10.2 Å². The minimum atomic E-state index is -0.608. The van der Waals surface area contributed by atoms with Gasteiger partial charge in [0.15, 0.2) is 0 Å². The van der Waals surface area contributed by atoms with Crippen molar-refractivity contribution < 1.29 is 9.72 Å². The van der Waals surface area contributed by atoms with Crippen LogP contribution in [-0.2, 0) is 0 Å². The standard InChI is InChI=1S/C13H18ClN3O3/c1-13(2,16(3)4)8-15-12(18)9-5-6-10(14)11(7-9)17(19)20/h5-7H,8H2,1-4H3,(H,15,18). The molecule has 0 atom stereocenters. The zero-order valence-corrected chi connectivity index (χ0v) is 12.7. The van der Waals surface area contributed by atoms with E-state index < -0.39 is 4.92 Å². The monoisotopic (exact) mass is 299 g/mol. The largest absolute Gasteiger partial charge is 0.350 e. The average molecular weight is 300 g/mol. The van der Waals surface area contributed by atoms with E-state index in [1.54, 1.807) is 0 Å². The fourth-order valence-electron chi connectivity index (χ4n) is 1.35. The van der Waals surface area contributed by atoms with Gasteiger partial charge in [-0.15, -0.1) is 0 Å². The van der Waals surface area contributed by atoms with Crippen molar-refractivity contribution in [1.29, 1.82) is 0 Å². The second-order valence-electron chi connectivity index (χ2n) is 5.31. The molecule has 0 bridgehead atoms. The second kappa shape index (κ2) is 6.19. The molecule has 0 aliphatic carbocycles. The smallest absolute Gasteiger partial charge is 0.288 e. The number of hydrogen-bond acceptors (Lipinski definition) is 4. The summed E-state index contributed by atoms with van der Waals surface area (Å²) in [4.78, 5) is 24.2. The zero-order valence-electron chi connectivity index (χ0n) is 11.9. The number of halogens is 1. The molecule has 0 radical (unpaired) electrons. The van der Waals surface area contributed by atoms with E-state index in [9.17, 15) is 14.9 Å². The van der Waals surface area contributed by atoms with Crippen molar-refractivity contribution >= 4 is 23.2 Å². The number of nitrogens with one attached hydrogen (secondary N) is 1. The summed E-state index contributed by atoms with van der Waals surface area (Å²) in [6, 6.07) is 4.00. The maximum atomic E-state index is 12.0. The molecule has 20 heavy (non-hydrogen) atoms. The van der Waals surface area contributed by atoms with Gasteiger partial charge in [-0.1, -0.05) is 11.6 Å². The van der Waals surface area contributed by atoms with Crippen molar-refractivity contribution in [2.75, 3.05) is 20.6 Å². The van der Waals surface area contributed by atoms with E-state index in [4.69, 9.17) is 11.6 Å². The summed E-state index contributed by atoms with van der Waals surface area (Å²) in [5.74, 6) is -0.361. The maximum Gasteiger partial charge on any atom is 0.288 e. The summed E-state index contributed by atoms with van der Waals surface area (Å²) in [5, 5.41) is 13.6. The number of amides is 1. The Bertz CT molecular complexity index is 530. The van der Waals surface area contributed by atoms with Crippen LogP contribution < -0.4 is 5.32 Å². The number of nitro benzene ring substituents is 1. The van der Waals surface area contributed by atoms with Gasteiger partial charge >= 0.3 is 0 Å². The van der Waals surface area contributed by atoms with E-state index in [-0.39, 0.29) is 27.7 Å². The van der Waals surface area contributed by atoms with Crippen LogP contribution in [0, 0.1) is 10.1 Å². The van der Waals surface area contributed by atoms with Crippen LogP contribution in [0.4, 0.5) is 5.69 Å². The Balaban J connectivity index is 2.84. The molecule has 0 spiro atoms. The molecule has 7 heteroatoms. The second-order valence-corrected chi connectivity index (χ2v) is 5.72. The van der Waals surface area contributed by atoms with Gasteiger partial charge in [0.2, 0.25) is 0 Å². The lowest BCUT2D eigenvalue weighted by atomic mass is 10.0. The lowest BCUT2D eigenvalue weighted by Gasteiger charge is -2.32. The Morgan fingerprint density at radius 2 is 2.05 bits per heavy atom. The normalized spacial score (nSPS) is 11.5. The summed E-state index contributed by atoms with van der Waals surface area (Å²) >= 11 is 5.71. The fraction of sp³-hybridized carbons (Fsp3) is 0.462. The third-order valence-corrected chi connectivity index (χ3v) is 3.62.